The Bertz CT molecular complexity index is 1220. The molecular formula is C26H27N2O7P. The van der Waals surface area contributed by atoms with Crippen molar-refractivity contribution in [3.05, 3.63) is 82.3 Å². The molecule has 0 bridgehead atoms. The minimum Gasteiger partial charge on any atom is -0.306 e. The molecule has 0 atom stereocenters. The molecule has 0 saturated carbocycles. The molecule has 0 unspecified atom stereocenters. The van der Waals surface area contributed by atoms with Crippen LogP contribution in [0, 0.1) is 0 Å². The number of hydrogen-bond donors (Lipinski definition) is 0. The van der Waals surface area contributed by atoms with E-state index < -0.39 is 19.4 Å². The van der Waals surface area contributed by atoms with Crippen LogP contribution in [0.25, 0.3) is 0 Å². The van der Waals surface area contributed by atoms with Crippen LogP contribution in [0.15, 0.2) is 60.0 Å². The molecule has 4 rings (SSSR count). The van der Waals surface area contributed by atoms with Crippen LogP contribution in [0.3, 0.4) is 0 Å². The van der Waals surface area contributed by atoms with E-state index in [4.69, 9.17) is 9.05 Å². The quantitative estimate of drug-likeness (QED) is 0.241. The first-order valence-corrected chi connectivity index (χ1v) is 13.5. The number of unbranched alkanes of at least 4 members (excludes halogenated alkanes) is 1. The number of carbonyl (C=O) groups excluding carboxylic acids is 4. The van der Waals surface area contributed by atoms with Crippen molar-refractivity contribution in [3.63, 3.8) is 0 Å². The number of rotatable bonds is 11. The Morgan fingerprint density at radius 3 is 1.64 bits per heavy atom. The molecular weight excluding hydrogens is 483 g/mol. The molecule has 2 aliphatic rings. The van der Waals surface area contributed by atoms with Crippen LogP contribution in [-0.4, -0.2) is 53.2 Å². The Balaban J connectivity index is 1.52. The molecule has 0 fully saturated rings. The number of allylic oxidation sites excluding steroid dienone is 1. The molecule has 0 aromatic heterocycles. The smallest absolute Gasteiger partial charge is 0.306 e. The molecule has 0 spiro atoms. The maximum absolute atomic E-state index is 13.3. The van der Waals surface area contributed by atoms with Crippen molar-refractivity contribution in [1.29, 1.82) is 0 Å². The van der Waals surface area contributed by atoms with Gasteiger partial charge in [-0.15, -0.1) is 0 Å². The van der Waals surface area contributed by atoms with Crippen molar-refractivity contribution < 1.29 is 32.8 Å². The van der Waals surface area contributed by atoms with Gasteiger partial charge in [0.05, 0.1) is 35.5 Å². The van der Waals surface area contributed by atoms with Crippen LogP contribution in [0.2, 0.25) is 0 Å². The fourth-order valence-electron chi connectivity index (χ4n) is 4.36. The number of benzene rings is 2. The van der Waals surface area contributed by atoms with E-state index in [1.165, 1.54) is 10.7 Å². The Kier molecular flexibility index (Phi) is 7.64. The predicted octanol–water partition coefficient (Wildman–Crippen LogP) is 4.86. The van der Waals surface area contributed by atoms with Gasteiger partial charge in [-0.2, -0.15) is 0 Å². The Hall–Kier alpha value is -3.39. The van der Waals surface area contributed by atoms with E-state index in [1.807, 2.05) is 0 Å². The van der Waals surface area contributed by atoms with Gasteiger partial charge in [0.15, 0.2) is 0 Å². The highest BCUT2D eigenvalue weighted by Gasteiger charge is 2.39. The summed E-state index contributed by atoms with van der Waals surface area (Å²) in [5, 5.41) is 0. The molecule has 2 aliphatic heterocycles. The summed E-state index contributed by atoms with van der Waals surface area (Å²) >= 11 is 0. The molecule has 2 aromatic rings. The molecule has 4 amide bonds. The SMILES string of the molecule is CCOP(=O)(/C=C(\CCCCN1C(=O)c2ccccc2C1=O)N1C(=O)c2ccccc2C1=O)OCC. The second kappa shape index (κ2) is 10.7. The topological polar surface area (TPSA) is 110 Å². The molecule has 188 valence electrons. The lowest BCUT2D eigenvalue weighted by Gasteiger charge is -2.22. The Labute approximate surface area is 209 Å². The average molecular weight is 510 g/mol. The summed E-state index contributed by atoms with van der Waals surface area (Å²) < 4.78 is 24.0. The highest BCUT2D eigenvalue weighted by atomic mass is 31.2. The number of hydrogen-bond acceptors (Lipinski definition) is 7. The van der Waals surface area contributed by atoms with Crippen LogP contribution in [0.4, 0.5) is 0 Å². The lowest BCUT2D eigenvalue weighted by atomic mass is 10.1. The minimum absolute atomic E-state index is 0.114. The minimum atomic E-state index is -3.73. The van der Waals surface area contributed by atoms with Gasteiger partial charge in [0.25, 0.3) is 23.6 Å². The number of imide groups is 2. The van der Waals surface area contributed by atoms with E-state index in [1.54, 1.807) is 62.4 Å². The third kappa shape index (κ3) is 4.82. The zero-order valence-electron chi connectivity index (χ0n) is 20.1. The number of nitrogens with zero attached hydrogens (tertiary/aromatic N) is 2. The first-order valence-electron chi connectivity index (χ1n) is 11.8. The molecule has 10 heteroatoms. The molecule has 0 radical (unpaired) electrons. The van der Waals surface area contributed by atoms with Gasteiger partial charge < -0.3 is 9.05 Å². The molecule has 0 saturated heterocycles. The van der Waals surface area contributed by atoms with Crippen molar-refractivity contribution in [1.82, 2.24) is 9.80 Å². The zero-order valence-corrected chi connectivity index (χ0v) is 21.0. The average Bonchev–Trinajstić information content (AvgIpc) is 3.26. The van der Waals surface area contributed by atoms with Gasteiger partial charge in [0, 0.05) is 18.1 Å². The van der Waals surface area contributed by atoms with Gasteiger partial charge in [0.2, 0.25) is 0 Å². The summed E-state index contributed by atoms with van der Waals surface area (Å²) in [6.07, 6.45) is 1.00. The van der Waals surface area contributed by atoms with Gasteiger partial charge in [-0.25, -0.2) is 4.90 Å². The fourth-order valence-corrected chi connectivity index (χ4v) is 5.91. The largest absolute Gasteiger partial charge is 0.355 e. The van der Waals surface area contributed by atoms with Crippen LogP contribution in [-0.2, 0) is 13.6 Å². The molecule has 0 N–H and O–H groups in total. The predicted molar refractivity (Wildman–Crippen MR) is 132 cm³/mol. The van der Waals surface area contributed by atoms with E-state index in [0.717, 1.165) is 4.90 Å². The lowest BCUT2D eigenvalue weighted by molar-refractivity contribution is 0.0650. The van der Waals surface area contributed by atoms with Crippen LogP contribution < -0.4 is 0 Å². The van der Waals surface area contributed by atoms with Crippen molar-refractivity contribution in [2.24, 2.45) is 0 Å². The highest BCUT2D eigenvalue weighted by Crippen LogP contribution is 2.51. The monoisotopic (exact) mass is 510 g/mol. The third-order valence-corrected chi connectivity index (χ3v) is 7.80. The maximum atomic E-state index is 13.3. The molecule has 2 heterocycles. The standard InChI is InChI=1S/C26H27N2O7P/c1-3-34-36(33,35-4-2)17-18(28-25(31)21-14-7-8-15-22(21)26(28)32)11-9-10-16-27-23(29)19-12-5-6-13-20(19)24(27)30/h5-8,12-15,17H,3-4,9-11,16H2,1-2H3/b18-17+. The molecule has 36 heavy (non-hydrogen) atoms. The van der Waals surface area contributed by atoms with Gasteiger partial charge in [0.1, 0.15) is 0 Å². The van der Waals surface area contributed by atoms with Gasteiger partial charge >= 0.3 is 7.60 Å². The van der Waals surface area contributed by atoms with Crippen LogP contribution >= 0.6 is 7.60 Å². The second-order valence-electron chi connectivity index (χ2n) is 8.25. The van der Waals surface area contributed by atoms with Crippen molar-refractivity contribution in [2.75, 3.05) is 19.8 Å². The van der Waals surface area contributed by atoms with E-state index >= 15 is 0 Å². The summed E-state index contributed by atoms with van der Waals surface area (Å²) in [5.74, 6) is -0.472. The van der Waals surface area contributed by atoms with E-state index in [0.29, 0.717) is 24.0 Å². The lowest BCUT2D eigenvalue weighted by Crippen LogP contribution is -2.31. The number of amides is 4. The summed E-state index contributed by atoms with van der Waals surface area (Å²) in [4.78, 5) is 53.6. The van der Waals surface area contributed by atoms with Gasteiger partial charge in [-0.05, 0) is 57.4 Å². The van der Waals surface area contributed by atoms with Gasteiger partial charge in [-0.3, -0.25) is 28.6 Å². The van der Waals surface area contributed by atoms with Crippen LogP contribution in [0.5, 0.6) is 0 Å². The molecule has 2 aromatic carbocycles. The summed E-state index contributed by atoms with van der Waals surface area (Å²) in [7, 11) is -3.73. The molecule has 0 aliphatic carbocycles. The first-order chi connectivity index (χ1) is 17.3. The van der Waals surface area contributed by atoms with E-state index in [-0.39, 0.29) is 54.8 Å². The van der Waals surface area contributed by atoms with Crippen LogP contribution in [0.1, 0.15) is 74.5 Å². The highest BCUT2D eigenvalue weighted by molar-refractivity contribution is 7.57. The maximum Gasteiger partial charge on any atom is 0.355 e. The second-order valence-corrected chi connectivity index (χ2v) is 10.1. The number of fused-ring (bicyclic) bond motifs is 2. The first kappa shape index (κ1) is 25.7. The zero-order chi connectivity index (χ0) is 25.9. The number of carbonyl (C=O) groups is 4. The normalized spacial score (nSPS) is 15.7. The fraction of sp³-hybridized carbons (Fsp3) is 0.308. The van der Waals surface area contributed by atoms with Crippen molar-refractivity contribution in [2.45, 2.75) is 33.1 Å². The Morgan fingerprint density at radius 1 is 0.750 bits per heavy atom. The Morgan fingerprint density at radius 2 is 1.19 bits per heavy atom. The van der Waals surface area contributed by atoms with Crippen molar-refractivity contribution in [3.8, 4) is 0 Å². The van der Waals surface area contributed by atoms with E-state index in [2.05, 4.69) is 0 Å². The van der Waals surface area contributed by atoms with Crippen molar-refractivity contribution >= 4 is 31.2 Å². The molecule has 9 nitrogen and oxygen atoms in total. The summed E-state index contributed by atoms with van der Waals surface area (Å²) in [6, 6.07) is 13.1. The summed E-state index contributed by atoms with van der Waals surface area (Å²) in [5.41, 5.74) is 1.49. The summed E-state index contributed by atoms with van der Waals surface area (Å²) in [6.45, 7) is 3.74. The van der Waals surface area contributed by atoms with Gasteiger partial charge in [-0.1, -0.05) is 24.3 Å². The third-order valence-electron chi connectivity index (χ3n) is 5.95. The van der Waals surface area contributed by atoms with E-state index in [9.17, 15) is 23.7 Å².